The molecule has 2 saturated carbocycles. The van der Waals surface area contributed by atoms with Crippen molar-refractivity contribution in [1.29, 1.82) is 0 Å². The van der Waals surface area contributed by atoms with E-state index in [1.54, 1.807) is 17.1 Å². The Labute approximate surface area is 136 Å². The van der Waals surface area contributed by atoms with Crippen molar-refractivity contribution < 1.29 is 13.2 Å². The molecule has 0 radical (unpaired) electrons. The molecule has 1 aromatic heterocycles. The molecule has 3 atom stereocenters. The van der Waals surface area contributed by atoms with E-state index in [0.717, 1.165) is 19.3 Å². The fourth-order valence-electron chi connectivity index (χ4n) is 5.29. The van der Waals surface area contributed by atoms with Crippen LogP contribution in [0.5, 0.6) is 0 Å². The zero-order chi connectivity index (χ0) is 16.5. The van der Waals surface area contributed by atoms with Crippen LogP contribution in [0, 0.1) is 16.7 Å². The van der Waals surface area contributed by atoms with Crippen molar-refractivity contribution >= 4 is 15.9 Å². The van der Waals surface area contributed by atoms with Gasteiger partial charge in [0.15, 0.2) is 0 Å². The lowest BCUT2D eigenvalue weighted by Gasteiger charge is -2.37. The predicted molar refractivity (Wildman–Crippen MR) is 82.6 cm³/mol. The van der Waals surface area contributed by atoms with Crippen LogP contribution in [0.1, 0.15) is 39.5 Å². The SMILES string of the molecule is CC1(C)[C@@H]2CC[C@@]13CS(=O)(=O)N(C(=O)CCn1ccnn1)[C@@H]3C2. The quantitative estimate of drug-likeness (QED) is 0.822. The highest BCUT2D eigenvalue weighted by Gasteiger charge is 2.72. The number of aromatic nitrogens is 3. The van der Waals surface area contributed by atoms with Crippen molar-refractivity contribution in [2.45, 2.75) is 52.1 Å². The highest BCUT2D eigenvalue weighted by Crippen LogP contribution is 2.69. The first-order valence-corrected chi connectivity index (χ1v) is 9.78. The van der Waals surface area contributed by atoms with Gasteiger partial charge in [0.05, 0.1) is 24.5 Å². The van der Waals surface area contributed by atoms with Gasteiger partial charge in [-0.1, -0.05) is 19.1 Å². The van der Waals surface area contributed by atoms with E-state index in [-0.39, 0.29) is 35.0 Å². The minimum Gasteiger partial charge on any atom is -0.274 e. The summed E-state index contributed by atoms with van der Waals surface area (Å²) < 4.78 is 28.2. The van der Waals surface area contributed by atoms with E-state index in [0.29, 0.717) is 12.5 Å². The summed E-state index contributed by atoms with van der Waals surface area (Å²) in [6.45, 7) is 4.73. The Morgan fingerprint density at radius 3 is 2.83 bits per heavy atom. The van der Waals surface area contributed by atoms with Crippen molar-refractivity contribution in [2.75, 3.05) is 5.75 Å². The van der Waals surface area contributed by atoms with Gasteiger partial charge >= 0.3 is 0 Å². The minimum absolute atomic E-state index is 0.00826. The van der Waals surface area contributed by atoms with E-state index in [4.69, 9.17) is 0 Å². The molecule has 2 bridgehead atoms. The van der Waals surface area contributed by atoms with Crippen LogP contribution in [0.25, 0.3) is 0 Å². The number of carbonyl (C=O) groups is 1. The van der Waals surface area contributed by atoms with E-state index in [2.05, 4.69) is 24.2 Å². The van der Waals surface area contributed by atoms with Gasteiger partial charge in [0.25, 0.3) is 0 Å². The van der Waals surface area contributed by atoms with Crippen LogP contribution in [0.15, 0.2) is 12.4 Å². The Morgan fingerprint density at radius 2 is 2.17 bits per heavy atom. The summed E-state index contributed by atoms with van der Waals surface area (Å²) in [6.07, 6.45) is 6.18. The molecule has 1 aromatic rings. The Bertz CT molecular complexity index is 743. The molecule has 2 heterocycles. The molecule has 3 fully saturated rings. The lowest BCUT2D eigenvalue weighted by molar-refractivity contribution is -0.129. The summed E-state index contributed by atoms with van der Waals surface area (Å²) in [5.41, 5.74) is -0.259. The summed E-state index contributed by atoms with van der Waals surface area (Å²) in [5, 5.41) is 7.52. The van der Waals surface area contributed by atoms with Gasteiger partial charge in [0.2, 0.25) is 15.9 Å². The molecule has 0 N–H and O–H groups in total. The molecule has 1 spiro atoms. The lowest BCUT2D eigenvalue weighted by Crippen LogP contribution is -2.44. The standard InChI is InChI=1S/C15H22N4O3S/c1-14(2)11-3-5-15(14)10-23(21,22)19(12(15)9-11)13(20)4-7-18-8-6-16-17-18/h6,8,11-12H,3-5,7,9-10H2,1-2H3/t11-,12-,15+/m1/s1. The normalized spacial score (nSPS) is 36.3. The van der Waals surface area contributed by atoms with Crippen LogP contribution in [0.2, 0.25) is 0 Å². The summed E-state index contributed by atoms with van der Waals surface area (Å²) >= 11 is 0. The summed E-state index contributed by atoms with van der Waals surface area (Å²) in [7, 11) is -3.51. The fourth-order valence-corrected chi connectivity index (χ4v) is 7.87. The van der Waals surface area contributed by atoms with Gasteiger partial charge in [-0.15, -0.1) is 5.10 Å². The molecule has 23 heavy (non-hydrogen) atoms. The molecule has 0 unspecified atom stereocenters. The van der Waals surface area contributed by atoms with Crippen LogP contribution in [-0.2, 0) is 21.4 Å². The van der Waals surface area contributed by atoms with E-state index < -0.39 is 10.0 Å². The van der Waals surface area contributed by atoms with E-state index >= 15 is 0 Å². The first-order valence-electron chi connectivity index (χ1n) is 8.17. The predicted octanol–water partition coefficient (Wildman–Crippen LogP) is 1.04. The number of fused-ring (bicyclic) bond motifs is 1. The van der Waals surface area contributed by atoms with Gasteiger partial charge < -0.3 is 0 Å². The molecule has 3 aliphatic rings. The fraction of sp³-hybridized carbons (Fsp3) is 0.800. The molecule has 1 amide bonds. The second kappa shape index (κ2) is 4.55. The average Bonchev–Trinajstić information content (AvgIpc) is 3.15. The number of amides is 1. The highest BCUT2D eigenvalue weighted by molar-refractivity contribution is 7.90. The number of rotatable bonds is 3. The van der Waals surface area contributed by atoms with Crippen LogP contribution in [0.3, 0.4) is 0 Å². The topological polar surface area (TPSA) is 85.2 Å². The zero-order valence-corrected chi connectivity index (χ0v) is 14.3. The van der Waals surface area contributed by atoms with Gasteiger partial charge in [-0.2, -0.15) is 0 Å². The molecule has 126 valence electrons. The van der Waals surface area contributed by atoms with Crippen molar-refractivity contribution in [3.8, 4) is 0 Å². The van der Waals surface area contributed by atoms with Crippen LogP contribution < -0.4 is 0 Å². The van der Waals surface area contributed by atoms with Gasteiger partial charge in [-0.25, -0.2) is 12.7 Å². The summed E-state index contributed by atoms with van der Waals surface area (Å²) in [4.78, 5) is 12.7. The smallest absolute Gasteiger partial charge is 0.238 e. The van der Waals surface area contributed by atoms with Gasteiger partial charge in [-0.3, -0.25) is 9.48 Å². The maximum atomic E-state index is 12.7. The lowest BCUT2D eigenvalue weighted by atomic mass is 9.69. The molecule has 0 aromatic carbocycles. The average molecular weight is 338 g/mol. The maximum Gasteiger partial charge on any atom is 0.238 e. The first kappa shape index (κ1) is 15.1. The van der Waals surface area contributed by atoms with Crippen LogP contribution in [-0.4, -0.2) is 45.4 Å². The minimum atomic E-state index is -3.51. The van der Waals surface area contributed by atoms with Crippen molar-refractivity contribution in [3.05, 3.63) is 12.4 Å². The third-order valence-electron chi connectivity index (χ3n) is 6.68. The third kappa shape index (κ3) is 1.87. The Balaban J connectivity index is 1.60. The number of aryl methyl sites for hydroxylation is 1. The van der Waals surface area contributed by atoms with Gasteiger partial charge in [0, 0.05) is 18.0 Å². The van der Waals surface area contributed by atoms with Crippen LogP contribution in [0.4, 0.5) is 0 Å². The van der Waals surface area contributed by atoms with E-state index in [1.165, 1.54) is 4.31 Å². The summed E-state index contributed by atoms with van der Waals surface area (Å²) in [5.74, 6) is 0.350. The molecule has 1 saturated heterocycles. The van der Waals surface area contributed by atoms with E-state index in [1.807, 2.05) is 0 Å². The number of hydrogen-bond acceptors (Lipinski definition) is 5. The van der Waals surface area contributed by atoms with Crippen molar-refractivity contribution in [3.63, 3.8) is 0 Å². The van der Waals surface area contributed by atoms with Crippen molar-refractivity contribution in [2.24, 2.45) is 16.7 Å². The van der Waals surface area contributed by atoms with E-state index in [9.17, 15) is 13.2 Å². The second-order valence-electron chi connectivity index (χ2n) is 7.73. The van der Waals surface area contributed by atoms with Gasteiger partial charge in [-0.05, 0) is 30.6 Å². The molecule has 2 aliphatic carbocycles. The Kier molecular flexibility index (Phi) is 2.99. The maximum absolute atomic E-state index is 12.7. The van der Waals surface area contributed by atoms with Crippen molar-refractivity contribution in [1.82, 2.24) is 19.3 Å². The second-order valence-corrected chi connectivity index (χ2v) is 9.57. The third-order valence-corrected chi connectivity index (χ3v) is 8.62. The highest BCUT2D eigenvalue weighted by atomic mass is 32.2. The molecule has 1 aliphatic heterocycles. The monoisotopic (exact) mass is 338 g/mol. The number of sulfonamides is 1. The largest absolute Gasteiger partial charge is 0.274 e. The molecule has 8 heteroatoms. The Hall–Kier alpha value is -1.44. The van der Waals surface area contributed by atoms with Gasteiger partial charge in [0.1, 0.15) is 0 Å². The summed E-state index contributed by atoms with van der Waals surface area (Å²) in [6, 6.07) is -0.149. The van der Waals surface area contributed by atoms with Crippen LogP contribution >= 0.6 is 0 Å². The number of hydrogen-bond donors (Lipinski definition) is 0. The molecular formula is C15H22N4O3S. The number of carbonyl (C=O) groups excluding carboxylic acids is 1. The molecule has 7 nitrogen and oxygen atoms in total. The first-order chi connectivity index (χ1) is 10.8. The Morgan fingerprint density at radius 1 is 1.39 bits per heavy atom. The zero-order valence-electron chi connectivity index (χ0n) is 13.5. The molecule has 4 rings (SSSR count). The number of nitrogens with zero attached hydrogens (tertiary/aromatic N) is 4. The molecular weight excluding hydrogens is 316 g/mol.